The summed E-state index contributed by atoms with van der Waals surface area (Å²) in [5, 5.41) is 3.68. The summed E-state index contributed by atoms with van der Waals surface area (Å²) >= 11 is 1.59. The van der Waals surface area contributed by atoms with Gasteiger partial charge in [0.2, 0.25) is 5.91 Å². The molecule has 132 valence electrons. The van der Waals surface area contributed by atoms with Gasteiger partial charge in [-0.1, -0.05) is 54.6 Å². The molecule has 1 aliphatic heterocycles. The monoisotopic (exact) mass is 363 g/mol. The number of fused-ring (bicyclic) bond motifs is 1. The molecule has 0 fully saturated rings. The molecule has 4 rings (SSSR count). The molecule has 3 aromatic rings. The number of likely N-dealkylation sites (N-methyl/N-ethyl adjacent to an activating group) is 1. The second kappa shape index (κ2) is 7.40. The van der Waals surface area contributed by atoms with Gasteiger partial charge >= 0.3 is 0 Å². The van der Waals surface area contributed by atoms with Crippen molar-refractivity contribution in [3.05, 3.63) is 70.7 Å². The van der Waals surface area contributed by atoms with E-state index in [1.807, 2.05) is 30.3 Å². The molecule has 1 aliphatic rings. The predicted octanol–water partition coefficient (Wildman–Crippen LogP) is 3.98. The maximum Gasteiger partial charge on any atom is 0.230 e. The van der Waals surface area contributed by atoms with E-state index in [-0.39, 0.29) is 5.91 Å². The van der Waals surface area contributed by atoms with Crippen LogP contribution < -0.4 is 5.32 Å². The third-order valence-electron chi connectivity index (χ3n) is 4.59. The lowest BCUT2D eigenvalue weighted by atomic mass is 10.0. The molecule has 1 aromatic heterocycles. The molecule has 0 aliphatic carbocycles. The average molecular weight is 363 g/mol. The Balaban J connectivity index is 1.39. The van der Waals surface area contributed by atoms with Crippen molar-refractivity contribution in [3.8, 4) is 11.1 Å². The van der Waals surface area contributed by atoms with Crippen LogP contribution >= 0.6 is 11.3 Å². The number of nitrogens with zero attached hydrogens (tertiary/aromatic N) is 2. The molecule has 0 unspecified atom stereocenters. The van der Waals surface area contributed by atoms with E-state index in [1.54, 1.807) is 11.3 Å². The molecule has 2 heterocycles. The lowest BCUT2D eigenvalue weighted by Gasteiger charge is -2.20. The van der Waals surface area contributed by atoms with Gasteiger partial charge < -0.3 is 10.2 Å². The fourth-order valence-corrected chi connectivity index (χ4v) is 4.28. The van der Waals surface area contributed by atoms with Crippen LogP contribution in [0.2, 0.25) is 0 Å². The Bertz CT molecular complexity index is 903. The molecule has 0 radical (unpaired) electrons. The first-order valence-electron chi connectivity index (χ1n) is 8.79. The van der Waals surface area contributed by atoms with Crippen molar-refractivity contribution in [1.82, 2.24) is 9.88 Å². The van der Waals surface area contributed by atoms with Crippen LogP contribution in [0.3, 0.4) is 0 Å². The normalized spacial score (nSPS) is 14.0. The lowest BCUT2D eigenvalue weighted by molar-refractivity contribution is -0.115. The van der Waals surface area contributed by atoms with Gasteiger partial charge in [0.05, 0.1) is 12.1 Å². The summed E-state index contributed by atoms with van der Waals surface area (Å²) in [5.41, 5.74) is 4.48. The largest absolute Gasteiger partial charge is 0.302 e. The Morgan fingerprint density at radius 1 is 1.12 bits per heavy atom. The van der Waals surface area contributed by atoms with E-state index in [1.165, 1.54) is 10.4 Å². The highest BCUT2D eigenvalue weighted by molar-refractivity contribution is 7.15. The quantitative estimate of drug-likeness (QED) is 0.763. The Labute approximate surface area is 157 Å². The maximum absolute atomic E-state index is 12.4. The van der Waals surface area contributed by atoms with Crippen LogP contribution in [0, 0.1) is 0 Å². The first-order chi connectivity index (χ1) is 12.7. The highest BCUT2D eigenvalue weighted by Crippen LogP contribution is 2.28. The molecule has 4 nitrogen and oxygen atoms in total. The first-order valence-corrected chi connectivity index (χ1v) is 9.60. The van der Waals surface area contributed by atoms with Gasteiger partial charge in [-0.05, 0) is 23.7 Å². The number of rotatable bonds is 4. The van der Waals surface area contributed by atoms with E-state index in [9.17, 15) is 4.79 Å². The van der Waals surface area contributed by atoms with E-state index in [0.29, 0.717) is 6.42 Å². The van der Waals surface area contributed by atoms with E-state index in [2.05, 4.69) is 46.5 Å². The molecule has 0 bridgehead atoms. The van der Waals surface area contributed by atoms with Crippen LogP contribution in [0.1, 0.15) is 16.1 Å². The van der Waals surface area contributed by atoms with Crippen molar-refractivity contribution in [2.45, 2.75) is 19.4 Å². The second-order valence-corrected chi connectivity index (χ2v) is 7.75. The number of carbonyl (C=O) groups excluding carboxylic acids is 1. The van der Waals surface area contributed by atoms with Gasteiger partial charge in [-0.15, -0.1) is 11.3 Å². The second-order valence-electron chi connectivity index (χ2n) is 6.66. The topological polar surface area (TPSA) is 45.2 Å². The van der Waals surface area contributed by atoms with Gasteiger partial charge in [-0.25, -0.2) is 4.98 Å². The van der Waals surface area contributed by atoms with Crippen molar-refractivity contribution in [3.63, 3.8) is 0 Å². The number of hydrogen-bond acceptors (Lipinski definition) is 4. The number of carbonyl (C=O) groups is 1. The van der Waals surface area contributed by atoms with Crippen LogP contribution in [0.4, 0.5) is 5.13 Å². The molecular formula is C21H21N3OS. The molecule has 26 heavy (non-hydrogen) atoms. The van der Waals surface area contributed by atoms with E-state index < -0.39 is 0 Å². The van der Waals surface area contributed by atoms with Gasteiger partial charge in [0.25, 0.3) is 0 Å². The van der Waals surface area contributed by atoms with Gasteiger partial charge in [0, 0.05) is 24.4 Å². The SMILES string of the molecule is CN1CCc2nc(NC(=O)Cc3ccc(-c4ccccc4)cc3)sc2C1. The third kappa shape index (κ3) is 3.84. The summed E-state index contributed by atoms with van der Waals surface area (Å²) in [6, 6.07) is 18.4. The number of benzene rings is 2. The summed E-state index contributed by atoms with van der Waals surface area (Å²) in [6.07, 6.45) is 1.32. The van der Waals surface area contributed by atoms with Crippen LogP contribution in [0.5, 0.6) is 0 Å². The van der Waals surface area contributed by atoms with Crippen LogP contribution in [-0.4, -0.2) is 29.4 Å². The minimum absolute atomic E-state index is 0.0167. The molecule has 0 atom stereocenters. The van der Waals surface area contributed by atoms with Crippen molar-refractivity contribution in [1.29, 1.82) is 0 Å². The zero-order chi connectivity index (χ0) is 17.9. The van der Waals surface area contributed by atoms with Crippen molar-refractivity contribution in [2.75, 3.05) is 18.9 Å². The van der Waals surface area contributed by atoms with Crippen LogP contribution in [-0.2, 0) is 24.2 Å². The number of hydrogen-bond donors (Lipinski definition) is 1. The zero-order valence-corrected chi connectivity index (χ0v) is 15.6. The number of nitrogens with one attached hydrogen (secondary N) is 1. The molecular weight excluding hydrogens is 342 g/mol. The maximum atomic E-state index is 12.4. The van der Waals surface area contributed by atoms with Gasteiger partial charge in [-0.3, -0.25) is 4.79 Å². The number of thiazole rings is 1. The van der Waals surface area contributed by atoms with Crippen LogP contribution in [0.15, 0.2) is 54.6 Å². The van der Waals surface area contributed by atoms with Crippen molar-refractivity contribution in [2.24, 2.45) is 0 Å². The summed E-state index contributed by atoms with van der Waals surface area (Å²) in [6.45, 7) is 1.95. The number of anilines is 1. The van der Waals surface area contributed by atoms with Gasteiger partial charge in [0.1, 0.15) is 0 Å². The summed E-state index contributed by atoms with van der Waals surface area (Å²) in [5.74, 6) is -0.0167. The van der Waals surface area contributed by atoms with E-state index >= 15 is 0 Å². The summed E-state index contributed by atoms with van der Waals surface area (Å²) < 4.78 is 0. The highest BCUT2D eigenvalue weighted by atomic mass is 32.1. The Kier molecular flexibility index (Phi) is 4.82. The molecule has 1 N–H and O–H groups in total. The number of amides is 1. The Morgan fingerprint density at radius 3 is 2.62 bits per heavy atom. The minimum atomic E-state index is -0.0167. The summed E-state index contributed by atoms with van der Waals surface area (Å²) in [4.78, 5) is 20.5. The molecule has 0 saturated heterocycles. The van der Waals surface area contributed by atoms with Crippen molar-refractivity contribution >= 4 is 22.4 Å². The fraction of sp³-hybridized carbons (Fsp3) is 0.238. The van der Waals surface area contributed by atoms with Crippen molar-refractivity contribution < 1.29 is 4.79 Å². The lowest BCUT2D eigenvalue weighted by Crippen LogP contribution is -2.25. The average Bonchev–Trinajstić information content (AvgIpc) is 3.04. The Morgan fingerprint density at radius 2 is 1.85 bits per heavy atom. The molecule has 0 spiro atoms. The molecule has 0 saturated carbocycles. The van der Waals surface area contributed by atoms with Crippen LogP contribution in [0.25, 0.3) is 11.1 Å². The number of aromatic nitrogens is 1. The van der Waals surface area contributed by atoms with E-state index in [0.717, 1.165) is 41.5 Å². The predicted molar refractivity (Wildman–Crippen MR) is 106 cm³/mol. The Hall–Kier alpha value is -2.50. The van der Waals surface area contributed by atoms with Gasteiger partial charge in [-0.2, -0.15) is 0 Å². The summed E-state index contributed by atoms with van der Waals surface area (Å²) in [7, 11) is 2.11. The highest BCUT2D eigenvalue weighted by Gasteiger charge is 2.19. The van der Waals surface area contributed by atoms with E-state index in [4.69, 9.17) is 0 Å². The standard InChI is InChI=1S/C21H21N3OS/c1-24-12-11-18-19(14-24)26-21(22-18)23-20(25)13-15-7-9-17(10-8-15)16-5-3-2-4-6-16/h2-10H,11-14H2,1H3,(H,22,23,25). The molecule has 1 amide bonds. The third-order valence-corrected chi connectivity index (χ3v) is 5.59. The molecule has 2 aromatic carbocycles. The molecule has 5 heteroatoms. The first kappa shape index (κ1) is 16.9. The fourth-order valence-electron chi connectivity index (χ4n) is 3.17. The zero-order valence-electron chi connectivity index (χ0n) is 14.7. The smallest absolute Gasteiger partial charge is 0.230 e. The van der Waals surface area contributed by atoms with Gasteiger partial charge in [0.15, 0.2) is 5.13 Å². The minimum Gasteiger partial charge on any atom is -0.302 e.